The van der Waals surface area contributed by atoms with Crippen molar-refractivity contribution in [2.24, 2.45) is 0 Å². The van der Waals surface area contributed by atoms with Crippen molar-refractivity contribution >= 4 is 38.9 Å². The molecule has 0 aliphatic heterocycles. The summed E-state index contributed by atoms with van der Waals surface area (Å²) in [5.41, 5.74) is 0.923. The zero-order valence-corrected chi connectivity index (χ0v) is 15.5. The molecule has 0 fully saturated rings. The maximum Gasteiger partial charge on any atom is 0.245 e. The van der Waals surface area contributed by atoms with Gasteiger partial charge in [0, 0.05) is 10.7 Å². The molecule has 0 saturated carbocycles. The highest BCUT2D eigenvalue weighted by Gasteiger charge is 2.21. The van der Waals surface area contributed by atoms with Crippen molar-refractivity contribution < 1.29 is 17.9 Å². The highest BCUT2D eigenvalue weighted by Crippen LogP contribution is 2.22. The molecule has 0 unspecified atom stereocenters. The predicted molar refractivity (Wildman–Crippen MR) is 99.9 cm³/mol. The lowest BCUT2D eigenvalue weighted by molar-refractivity contribution is -0.114. The average Bonchev–Trinajstić information content (AvgIpc) is 2.55. The van der Waals surface area contributed by atoms with Crippen molar-refractivity contribution in [1.29, 1.82) is 0 Å². The third-order valence-electron chi connectivity index (χ3n) is 3.25. The van der Waals surface area contributed by atoms with E-state index < -0.39 is 15.9 Å². The van der Waals surface area contributed by atoms with Gasteiger partial charge in [-0.3, -0.25) is 9.10 Å². The molecule has 1 N–H and O–H groups in total. The smallest absolute Gasteiger partial charge is 0.245 e. The van der Waals surface area contributed by atoms with E-state index in [1.165, 1.54) is 0 Å². The molecular formula is C17H19ClN2O4S. The number of hydrogen-bond acceptors (Lipinski definition) is 4. The third-order valence-corrected chi connectivity index (χ3v) is 4.64. The first-order valence-electron chi connectivity index (χ1n) is 7.55. The van der Waals surface area contributed by atoms with Gasteiger partial charge in [-0.2, -0.15) is 0 Å². The Morgan fingerprint density at radius 1 is 1.12 bits per heavy atom. The summed E-state index contributed by atoms with van der Waals surface area (Å²) in [4.78, 5) is 12.2. The molecule has 0 atom stereocenters. The summed E-state index contributed by atoms with van der Waals surface area (Å²) >= 11 is 5.80. The van der Waals surface area contributed by atoms with Crippen LogP contribution in [0, 0.1) is 0 Å². The minimum Gasteiger partial charge on any atom is -0.494 e. The zero-order chi connectivity index (χ0) is 18.4. The van der Waals surface area contributed by atoms with Gasteiger partial charge >= 0.3 is 0 Å². The number of nitrogens with one attached hydrogen (secondary N) is 1. The van der Waals surface area contributed by atoms with E-state index in [0.29, 0.717) is 28.8 Å². The summed E-state index contributed by atoms with van der Waals surface area (Å²) in [5.74, 6) is 0.173. The van der Waals surface area contributed by atoms with E-state index in [9.17, 15) is 13.2 Å². The number of anilines is 2. The molecule has 2 rings (SSSR count). The van der Waals surface area contributed by atoms with Crippen LogP contribution in [0.25, 0.3) is 0 Å². The van der Waals surface area contributed by atoms with E-state index in [1.807, 2.05) is 6.92 Å². The van der Waals surface area contributed by atoms with Gasteiger partial charge in [-0.15, -0.1) is 0 Å². The minimum absolute atomic E-state index is 0.338. The lowest BCUT2D eigenvalue weighted by Crippen LogP contribution is -2.37. The van der Waals surface area contributed by atoms with Gasteiger partial charge in [0.1, 0.15) is 12.3 Å². The molecule has 0 saturated heterocycles. The quantitative estimate of drug-likeness (QED) is 0.798. The molecule has 1 amide bonds. The lowest BCUT2D eigenvalue weighted by atomic mass is 10.3. The fourth-order valence-corrected chi connectivity index (χ4v) is 3.12. The van der Waals surface area contributed by atoms with Crippen LogP contribution >= 0.6 is 11.6 Å². The number of sulfonamides is 1. The molecule has 6 nitrogen and oxygen atoms in total. The molecule has 8 heteroatoms. The summed E-state index contributed by atoms with van der Waals surface area (Å²) in [6, 6.07) is 13.1. The Morgan fingerprint density at radius 3 is 2.24 bits per heavy atom. The second kappa shape index (κ2) is 8.22. The van der Waals surface area contributed by atoms with Crippen LogP contribution in [-0.2, 0) is 14.8 Å². The molecule has 0 aliphatic carbocycles. The van der Waals surface area contributed by atoms with E-state index >= 15 is 0 Å². The van der Waals surface area contributed by atoms with Crippen LogP contribution in [0.3, 0.4) is 0 Å². The standard InChI is InChI=1S/C17H19ClN2O4S/c1-3-24-16-10-8-15(9-11-16)20(25(2,22)23)12-17(21)19-14-6-4-13(18)5-7-14/h4-11H,3,12H2,1-2H3,(H,19,21). The average molecular weight is 383 g/mol. The highest BCUT2D eigenvalue weighted by molar-refractivity contribution is 7.92. The van der Waals surface area contributed by atoms with Gasteiger partial charge in [0.05, 0.1) is 18.6 Å². The van der Waals surface area contributed by atoms with Crippen LogP contribution in [-0.4, -0.2) is 33.7 Å². The molecule has 0 heterocycles. The Kier molecular flexibility index (Phi) is 6.27. The maximum atomic E-state index is 12.2. The van der Waals surface area contributed by atoms with Crippen LogP contribution < -0.4 is 14.4 Å². The molecule has 0 aromatic heterocycles. The van der Waals surface area contributed by atoms with Crippen LogP contribution in [0.2, 0.25) is 5.02 Å². The highest BCUT2D eigenvalue weighted by atomic mass is 35.5. The Hall–Kier alpha value is -2.25. The molecule has 0 radical (unpaired) electrons. The summed E-state index contributed by atoms with van der Waals surface area (Å²) in [6.07, 6.45) is 1.05. The number of ether oxygens (including phenoxy) is 1. The van der Waals surface area contributed by atoms with Crippen molar-refractivity contribution in [2.45, 2.75) is 6.92 Å². The van der Waals surface area contributed by atoms with Crippen molar-refractivity contribution in [2.75, 3.05) is 29.0 Å². The number of hydrogen-bond donors (Lipinski definition) is 1. The summed E-state index contributed by atoms with van der Waals surface area (Å²) in [5, 5.41) is 3.19. The van der Waals surface area contributed by atoms with Crippen LogP contribution in [0.15, 0.2) is 48.5 Å². The van der Waals surface area contributed by atoms with Gasteiger partial charge in [-0.05, 0) is 55.5 Å². The minimum atomic E-state index is -3.63. The first kappa shape index (κ1) is 19.1. The second-order valence-corrected chi connectivity index (χ2v) is 7.59. The fourth-order valence-electron chi connectivity index (χ4n) is 2.14. The normalized spacial score (nSPS) is 11.0. The van der Waals surface area contributed by atoms with Crippen molar-refractivity contribution in [3.8, 4) is 5.75 Å². The summed E-state index contributed by atoms with van der Waals surface area (Å²) < 4.78 is 30.5. The predicted octanol–water partition coefficient (Wildman–Crippen LogP) is 3.14. The van der Waals surface area contributed by atoms with Crippen molar-refractivity contribution in [3.63, 3.8) is 0 Å². The Bertz CT molecular complexity index is 821. The van der Waals surface area contributed by atoms with Gasteiger partial charge in [-0.1, -0.05) is 11.6 Å². The SMILES string of the molecule is CCOc1ccc(N(CC(=O)Nc2ccc(Cl)cc2)S(C)(=O)=O)cc1. The molecule has 2 aromatic carbocycles. The molecule has 0 spiro atoms. The molecular weight excluding hydrogens is 364 g/mol. The van der Waals surface area contributed by atoms with Crippen molar-refractivity contribution in [3.05, 3.63) is 53.6 Å². The van der Waals surface area contributed by atoms with Gasteiger partial charge in [-0.25, -0.2) is 8.42 Å². The molecule has 0 bridgehead atoms. The first-order valence-corrected chi connectivity index (χ1v) is 9.78. The van der Waals surface area contributed by atoms with E-state index in [1.54, 1.807) is 48.5 Å². The summed E-state index contributed by atoms with van der Waals surface area (Å²) in [6.45, 7) is 2.03. The summed E-state index contributed by atoms with van der Waals surface area (Å²) in [7, 11) is -3.63. The van der Waals surface area contributed by atoms with Gasteiger partial charge in [0.2, 0.25) is 15.9 Å². The number of nitrogens with zero attached hydrogens (tertiary/aromatic N) is 1. The van der Waals surface area contributed by atoms with E-state index in [2.05, 4.69) is 5.32 Å². The molecule has 25 heavy (non-hydrogen) atoms. The maximum absolute atomic E-state index is 12.2. The largest absolute Gasteiger partial charge is 0.494 e. The Balaban J connectivity index is 2.14. The lowest BCUT2D eigenvalue weighted by Gasteiger charge is -2.22. The zero-order valence-electron chi connectivity index (χ0n) is 13.9. The van der Waals surface area contributed by atoms with E-state index in [0.717, 1.165) is 10.6 Å². The van der Waals surface area contributed by atoms with Gasteiger partial charge < -0.3 is 10.1 Å². The fraction of sp³-hybridized carbons (Fsp3) is 0.235. The van der Waals surface area contributed by atoms with Crippen LogP contribution in [0.1, 0.15) is 6.92 Å². The first-order chi connectivity index (χ1) is 11.8. The number of amides is 1. The number of halogens is 1. The number of carbonyl (C=O) groups excluding carboxylic acids is 1. The molecule has 134 valence electrons. The van der Waals surface area contributed by atoms with Crippen molar-refractivity contribution in [1.82, 2.24) is 0 Å². The van der Waals surface area contributed by atoms with Crippen LogP contribution in [0.5, 0.6) is 5.75 Å². The number of rotatable bonds is 7. The van der Waals surface area contributed by atoms with E-state index in [4.69, 9.17) is 16.3 Å². The Morgan fingerprint density at radius 2 is 1.72 bits per heavy atom. The number of carbonyl (C=O) groups is 1. The second-order valence-electron chi connectivity index (χ2n) is 5.25. The monoisotopic (exact) mass is 382 g/mol. The third kappa shape index (κ3) is 5.65. The molecule has 2 aromatic rings. The Labute approximate surface area is 152 Å². The molecule has 0 aliphatic rings. The van der Waals surface area contributed by atoms with Crippen LogP contribution in [0.4, 0.5) is 11.4 Å². The number of benzene rings is 2. The van der Waals surface area contributed by atoms with Gasteiger partial charge in [0.15, 0.2) is 0 Å². The van der Waals surface area contributed by atoms with E-state index in [-0.39, 0.29) is 6.54 Å². The van der Waals surface area contributed by atoms with Gasteiger partial charge in [0.25, 0.3) is 0 Å². The topological polar surface area (TPSA) is 75.7 Å².